The van der Waals surface area contributed by atoms with Crippen molar-refractivity contribution in [1.29, 1.82) is 0 Å². The summed E-state index contributed by atoms with van der Waals surface area (Å²) in [5.41, 5.74) is 0. The van der Waals surface area contributed by atoms with Crippen LogP contribution in [0.25, 0.3) is 10.8 Å². The fourth-order valence-corrected chi connectivity index (χ4v) is 2.08. The predicted octanol–water partition coefficient (Wildman–Crippen LogP) is 4.32. The highest BCUT2D eigenvalue weighted by molar-refractivity contribution is 9.10. The van der Waals surface area contributed by atoms with Crippen molar-refractivity contribution in [2.75, 3.05) is 0 Å². The molecule has 0 amide bonds. The lowest BCUT2D eigenvalue weighted by Crippen LogP contribution is -1.94. The molecule has 3 aromatic rings. The Bertz CT molecular complexity index is 743. The lowest BCUT2D eigenvalue weighted by molar-refractivity contribution is 0.427. The molecular formula is C14H8BrFN2O. The van der Waals surface area contributed by atoms with Gasteiger partial charge < -0.3 is 4.74 Å². The zero-order valence-electron chi connectivity index (χ0n) is 9.68. The van der Waals surface area contributed by atoms with Crippen molar-refractivity contribution in [2.45, 2.75) is 0 Å². The molecule has 0 N–H and O–H groups in total. The summed E-state index contributed by atoms with van der Waals surface area (Å²) in [6, 6.07) is 12.0. The van der Waals surface area contributed by atoms with Crippen molar-refractivity contribution in [3.63, 3.8) is 0 Å². The van der Waals surface area contributed by atoms with Gasteiger partial charge in [0.25, 0.3) is 0 Å². The number of fused-ring (bicyclic) bond motifs is 1. The molecule has 1 heterocycles. The summed E-state index contributed by atoms with van der Waals surface area (Å²) in [4.78, 5) is 0. The van der Waals surface area contributed by atoms with Gasteiger partial charge in [0.15, 0.2) is 11.6 Å². The Hall–Kier alpha value is -2.01. The zero-order chi connectivity index (χ0) is 13.2. The zero-order valence-corrected chi connectivity index (χ0v) is 11.3. The highest BCUT2D eigenvalue weighted by Gasteiger charge is 2.09. The molecule has 0 radical (unpaired) electrons. The summed E-state index contributed by atoms with van der Waals surface area (Å²) in [7, 11) is 0. The lowest BCUT2D eigenvalue weighted by atomic mass is 10.2. The second-order valence-corrected chi connectivity index (χ2v) is 4.83. The maximum Gasteiger partial charge on any atom is 0.246 e. The minimum atomic E-state index is -0.446. The van der Waals surface area contributed by atoms with Gasteiger partial charge in [-0.3, -0.25) is 0 Å². The summed E-state index contributed by atoms with van der Waals surface area (Å²) in [6.07, 6.45) is 1.64. The molecule has 0 saturated carbocycles. The van der Waals surface area contributed by atoms with Gasteiger partial charge in [-0.25, -0.2) is 4.39 Å². The Morgan fingerprint density at radius 1 is 1.11 bits per heavy atom. The van der Waals surface area contributed by atoms with Gasteiger partial charge in [0.05, 0.1) is 6.20 Å². The van der Waals surface area contributed by atoms with Gasteiger partial charge in [-0.1, -0.05) is 34.1 Å². The average molecular weight is 319 g/mol. The van der Waals surface area contributed by atoms with Gasteiger partial charge in [0, 0.05) is 15.2 Å². The monoisotopic (exact) mass is 318 g/mol. The van der Waals surface area contributed by atoms with Crippen LogP contribution in [0.1, 0.15) is 0 Å². The first-order valence-electron chi connectivity index (χ1n) is 5.57. The van der Waals surface area contributed by atoms with E-state index in [1.807, 2.05) is 24.3 Å². The first-order valence-corrected chi connectivity index (χ1v) is 6.37. The van der Waals surface area contributed by atoms with Crippen LogP contribution in [0.2, 0.25) is 0 Å². The molecular weight excluding hydrogens is 311 g/mol. The van der Waals surface area contributed by atoms with Crippen LogP contribution in [-0.4, -0.2) is 10.2 Å². The van der Waals surface area contributed by atoms with Crippen molar-refractivity contribution in [2.24, 2.45) is 0 Å². The largest absolute Gasteiger partial charge is 0.434 e. The lowest BCUT2D eigenvalue weighted by Gasteiger charge is -2.07. The molecule has 0 atom stereocenters. The smallest absolute Gasteiger partial charge is 0.246 e. The van der Waals surface area contributed by atoms with Crippen LogP contribution in [0, 0.1) is 5.82 Å². The summed E-state index contributed by atoms with van der Waals surface area (Å²) in [5.74, 6) is -0.0481. The molecule has 2 aromatic carbocycles. The van der Waals surface area contributed by atoms with Crippen LogP contribution in [0.3, 0.4) is 0 Å². The van der Waals surface area contributed by atoms with E-state index in [0.717, 1.165) is 15.2 Å². The minimum Gasteiger partial charge on any atom is -0.434 e. The summed E-state index contributed by atoms with van der Waals surface area (Å²) < 4.78 is 19.9. The number of aromatic nitrogens is 2. The molecule has 3 nitrogen and oxygen atoms in total. The molecule has 0 aliphatic rings. The average Bonchev–Trinajstić information content (AvgIpc) is 2.43. The minimum absolute atomic E-state index is 0.111. The molecule has 3 rings (SSSR count). The molecule has 0 fully saturated rings. The highest BCUT2D eigenvalue weighted by atomic mass is 79.9. The van der Waals surface area contributed by atoms with Crippen molar-refractivity contribution < 1.29 is 9.13 Å². The van der Waals surface area contributed by atoms with E-state index in [1.54, 1.807) is 18.3 Å². The Labute approximate surface area is 117 Å². The van der Waals surface area contributed by atoms with Crippen LogP contribution in [0.5, 0.6) is 11.6 Å². The number of nitrogens with zero attached hydrogens (tertiary/aromatic N) is 2. The van der Waals surface area contributed by atoms with E-state index in [0.29, 0.717) is 0 Å². The Balaban J connectivity index is 2.08. The maximum atomic E-state index is 13.7. The van der Waals surface area contributed by atoms with Crippen LogP contribution in [0.15, 0.2) is 53.1 Å². The third-order valence-electron chi connectivity index (χ3n) is 2.64. The fraction of sp³-hybridized carbons (Fsp3) is 0. The van der Waals surface area contributed by atoms with E-state index in [4.69, 9.17) is 4.74 Å². The molecule has 0 saturated heterocycles. The van der Waals surface area contributed by atoms with Gasteiger partial charge in [-0.2, -0.15) is 5.10 Å². The van der Waals surface area contributed by atoms with Crippen LogP contribution in [0.4, 0.5) is 4.39 Å². The summed E-state index contributed by atoms with van der Waals surface area (Å²) in [6.45, 7) is 0. The van der Waals surface area contributed by atoms with Crippen LogP contribution in [-0.2, 0) is 0 Å². The van der Waals surface area contributed by atoms with Crippen molar-refractivity contribution in [3.8, 4) is 11.6 Å². The number of rotatable bonds is 2. The third kappa shape index (κ3) is 2.42. The Morgan fingerprint density at radius 3 is 2.84 bits per heavy atom. The van der Waals surface area contributed by atoms with E-state index >= 15 is 0 Å². The van der Waals surface area contributed by atoms with E-state index in [1.165, 1.54) is 6.07 Å². The highest BCUT2D eigenvalue weighted by Crippen LogP contribution is 2.30. The van der Waals surface area contributed by atoms with E-state index < -0.39 is 5.82 Å². The molecule has 19 heavy (non-hydrogen) atoms. The van der Waals surface area contributed by atoms with E-state index in [-0.39, 0.29) is 11.6 Å². The predicted molar refractivity (Wildman–Crippen MR) is 73.7 cm³/mol. The molecule has 0 aliphatic carbocycles. The van der Waals surface area contributed by atoms with Gasteiger partial charge in [0.1, 0.15) is 0 Å². The molecule has 94 valence electrons. The van der Waals surface area contributed by atoms with E-state index in [2.05, 4.69) is 26.1 Å². The quantitative estimate of drug-likeness (QED) is 0.705. The second kappa shape index (κ2) is 4.93. The SMILES string of the molecule is Fc1ccc(Br)cc1Oc1nncc2ccccc12. The standard InChI is InChI=1S/C14H8BrFN2O/c15-10-5-6-12(16)13(7-10)19-14-11-4-2-1-3-9(11)8-17-18-14/h1-8H. The first-order chi connectivity index (χ1) is 9.24. The number of ether oxygens (including phenoxy) is 1. The molecule has 0 unspecified atom stereocenters. The summed E-state index contributed by atoms with van der Waals surface area (Å²) >= 11 is 3.28. The number of hydrogen-bond acceptors (Lipinski definition) is 3. The van der Waals surface area contributed by atoms with Gasteiger partial charge in [0.2, 0.25) is 5.88 Å². The molecule has 0 spiro atoms. The number of benzene rings is 2. The normalized spacial score (nSPS) is 10.6. The molecule has 0 bridgehead atoms. The number of hydrogen-bond donors (Lipinski definition) is 0. The van der Waals surface area contributed by atoms with E-state index in [9.17, 15) is 4.39 Å². The van der Waals surface area contributed by atoms with Crippen molar-refractivity contribution in [1.82, 2.24) is 10.2 Å². The van der Waals surface area contributed by atoms with Gasteiger partial charge in [-0.05, 0) is 24.3 Å². The second-order valence-electron chi connectivity index (χ2n) is 3.91. The van der Waals surface area contributed by atoms with Crippen molar-refractivity contribution in [3.05, 3.63) is 59.0 Å². The third-order valence-corrected chi connectivity index (χ3v) is 3.13. The topological polar surface area (TPSA) is 35.0 Å². The van der Waals surface area contributed by atoms with Crippen LogP contribution < -0.4 is 4.74 Å². The summed E-state index contributed by atoms with van der Waals surface area (Å²) in [5, 5.41) is 9.45. The Morgan fingerprint density at radius 2 is 1.95 bits per heavy atom. The van der Waals surface area contributed by atoms with Gasteiger partial charge >= 0.3 is 0 Å². The first kappa shape index (κ1) is 12.0. The fourth-order valence-electron chi connectivity index (χ4n) is 1.74. The Kier molecular flexibility index (Phi) is 3.13. The molecule has 1 aromatic heterocycles. The molecule has 5 heteroatoms. The van der Waals surface area contributed by atoms with Crippen LogP contribution >= 0.6 is 15.9 Å². The van der Waals surface area contributed by atoms with Gasteiger partial charge in [-0.15, -0.1) is 5.10 Å². The number of halogens is 2. The van der Waals surface area contributed by atoms with Crippen molar-refractivity contribution >= 4 is 26.7 Å². The maximum absolute atomic E-state index is 13.7. The molecule has 0 aliphatic heterocycles.